The van der Waals surface area contributed by atoms with Crippen molar-refractivity contribution >= 4 is 11.6 Å². The van der Waals surface area contributed by atoms with Crippen LogP contribution < -0.4 is 29.0 Å². The molecule has 1 atom stereocenters. The molecule has 2 aromatic rings. The van der Waals surface area contributed by atoms with E-state index in [1.165, 1.54) is 0 Å². The van der Waals surface area contributed by atoms with Crippen LogP contribution in [-0.4, -0.2) is 34.0 Å². The quantitative estimate of drug-likeness (QED) is 0.907. The first-order chi connectivity index (χ1) is 12.6. The fourth-order valence-corrected chi connectivity index (χ4v) is 3.45. The van der Waals surface area contributed by atoms with Gasteiger partial charge in [-0.15, -0.1) is 0 Å². The van der Waals surface area contributed by atoms with Gasteiger partial charge in [0.15, 0.2) is 23.0 Å². The molecule has 0 spiro atoms. The molecule has 2 aliphatic heterocycles. The highest BCUT2D eigenvalue weighted by Gasteiger charge is 2.32. The average Bonchev–Trinajstić information content (AvgIpc) is 3.11. The summed E-state index contributed by atoms with van der Waals surface area (Å²) in [6.45, 7) is 0.177. The van der Waals surface area contributed by atoms with E-state index in [0.717, 1.165) is 11.1 Å². The van der Waals surface area contributed by atoms with Crippen molar-refractivity contribution in [3.8, 4) is 28.7 Å². The van der Waals surface area contributed by atoms with Gasteiger partial charge in [-0.05, 0) is 17.7 Å². The first-order valence-electron chi connectivity index (χ1n) is 8.18. The van der Waals surface area contributed by atoms with Crippen LogP contribution in [-0.2, 0) is 4.79 Å². The fraction of sp³-hybridized carbons (Fsp3) is 0.316. The van der Waals surface area contributed by atoms with Gasteiger partial charge in [-0.25, -0.2) is 0 Å². The Balaban J connectivity index is 1.88. The van der Waals surface area contributed by atoms with E-state index in [1.54, 1.807) is 33.5 Å². The van der Waals surface area contributed by atoms with Gasteiger partial charge in [0.25, 0.3) is 0 Å². The summed E-state index contributed by atoms with van der Waals surface area (Å²) in [7, 11) is 4.74. The zero-order valence-electron chi connectivity index (χ0n) is 14.8. The number of ether oxygens (including phenoxy) is 5. The van der Waals surface area contributed by atoms with Crippen LogP contribution >= 0.6 is 0 Å². The molecular weight excluding hydrogens is 338 g/mol. The Morgan fingerprint density at radius 3 is 2.23 bits per heavy atom. The van der Waals surface area contributed by atoms with Gasteiger partial charge in [-0.2, -0.15) is 0 Å². The van der Waals surface area contributed by atoms with Crippen molar-refractivity contribution in [1.29, 1.82) is 0 Å². The molecule has 1 N–H and O–H groups in total. The second-order valence-corrected chi connectivity index (χ2v) is 6.05. The van der Waals surface area contributed by atoms with Crippen LogP contribution in [0.2, 0.25) is 0 Å². The van der Waals surface area contributed by atoms with Crippen molar-refractivity contribution in [3.05, 3.63) is 35.4 Å². The highest BCUT2D eigenvalue weighted by atomic mass is 16.7. The number of hydrogen-bond acceptors (Lipinski definition) is 6. The minimum atomic E-state index is -0.206. The monoisotopic (exact) mass is 357 g/mol. The second kappa shape index (κ2) is 6.33. The van der Waals surface area contributed by atoms with Gasteiger partial charge in [-0.3, -0.25) is 4.79 Å². The van der Waals surface area contributed by atoms with E-state index in [9.17, 15) is 4.79 Å². The summed E-state index contributed by atoms with van der Waals surface area (Å²) in [5, 5.41) is 2.91. The third kappa shape index (κ3) is 2.56. The maximum absolute atomic E-state index is 12.3. The van der Waals surface area contributed by atoms with Crippen LogP contribution in [0.25, 0.3) is 0 Å². The summed E-state index contributed by atoms with van der Waals surface area (Å²) in [5.41, 5.74) is 2.51. The Bertz CT molecular complexity index is 879. The standard InChI is InChI=1S/C19H19NO6/c1-22-14-8-16(24-3)15(23-2)5-12(14)10-6-19(21)20-13-7-18-17(4-11(10)13)25-9-26-18/h4-5,7-8,10H,6,9H2,1-3H3,(H,20,21)/t10-/m1/s1. The van der Waals surface area contributed by atoms with Crippen molar-refractivity contribution < 1.29 is 28.5 Å². The number of hydrogen-bond donors (Lipinski definition) is 1. The summed E-state index contributed by atoms with van der Waals surface area (Å²) in [5.74, 6) is 2.80. The number of carbonyl (C=O) groups is 1. The fourth-order valence-electron chi connectivity index (χ4n) is 3.45. The number of nitrogens with one attached hydrogen (secondary N) is 1. The lowest BCUT2D eigenvalue weighted by molar-refractivity contribution is -0.116. The molecule has 0 unspecified atom stereocenters. The zero-order valence-corrected chi connectivity index (χ0v) is 14.8. The molecule has 0 radical (unpaired) electrons. The summed E-state index contributed by atoms with van der Waals surface area (Å²) in [6, 6.07) is 7.34. The molecule has 1 amide bonds. The lowest BCUT2D eigenvalue weighted by Crippen LogP contribution is -2.23. The van der Waals surface area contributed by atoms with Crippen LogP contribution in [0.15, 0.2) is 24.3 Å². The van der Waals surface area contributed by atoms with Gasteiger partial charge in [0.2, 0.25) is 12.7 Å². The summed E-state index contributed by atoms with van der Waals surface area (Å²) < 4.78 is 27.3. The normalized spacial score (nSPS) is 17.3. The molecule has 136 valence electrons. The van der Waals surface area contributed by atoms with E-state index in [1.807, 2.05) is 12.1 Å². The maximum Gasteiger partial charge on any atom is 0.231 e. The van der Waals surface area contributed by atoms with Crippen LogP contribution in [0.3, 0.4) is 0 Å². The predicted octanol–water partition coefficient (Wildman–Crippen LogP) is 2.92. The van der Waals surface area contributed by atoms with Gasteiger partial charge >= 0.3 is 0 Å². The number of anilines is 1. The van der Waals surface area contributed by atoms with E-state index < -0.39 is 0 Å². The molecule has 7 nitrogen and oxygen atoms in total. The Labute approximate surface area is 150 Å². The van der Waals surface area contributed by atoms with Gasteiger partial charge in [0.05, 0.1) is 21.3 Å². The molecule has 2 aliphatic rings. The second-order valence-electron chi connectivity index (χ2n) is 6.05. The number of carbonyl (C=O) groups excluding carboxylic acids is 1. The topological polar surface area (TPSA) is 75.3 Å². The molecule has 0 bridgehead atoms. The molecular formula is C19H19NO6. The van der Waals surface area contributed by atoms with E-state index in [2.05, 4.69) is 5.32 Å². The third-order valence-corrected chi connectivity index (χ3v) is 4.70. The number of rotatable bonds is 4. The number of methoxy groups -OCH3 is 3. The Kier molecular flexibility index (Phi) is 3.99. The van der Waals surface area contributed by atoms with E-state index >= 15 is 0 Å². The van der Waals surface area contributed by atoms with E-state index in [4.69, 9.17) is 23.7 Å². The first kappa shape index (κ1) is 16.4. The average molecular weight is 357 g/mol. The van der Waals surface area contributed by atoms with Crippen molar-refractivity contribution in [2.45, 2.75) is 12.3 Å². The van der Waals surface area contributed by atoms with E-state index in [-0.39, 0.29) is 18.6 Å². The van der Waals surface area contributed by atoms with Crippen molar-refractivity contribution in [2.24, 2.45) is 0 Å². The number of amides is 1. The van der Waals surface area contributed by atoms with E-state index in [0.29, 0.717) is 40.9 Å². The summed E-state index contributed by atoms with van der Waals surface area (Å²) >= 11 is 0. The highest BCUT2D eigenvalue weighted by molar-refractivity contribution is 5.96. The van der Waals surface area contributed by atoms with Crippen molar-refractivity contribution in [3.63, 3.8) is 0 Å². The first-order valence-corrected chi connectivity index (χ1v) is 8.18. The largest absolute Gasteiger partial charge is 0.496 e. The molecule has 0 saturated heterocycles. The lowest BCUT2D eigenvalue weighted by atomic mass is 9.84. The summed E-state index contributed by atoms with van der Waals surface area (Å²) in [4.78, 5) is 12.3. The summed E-state index contributed by atoms with van der Waals surface area (Å²) in [6.07, 6.45) is 0.290. The highest BCUT2D eigenvalue weighted by Crippen LogP contribution is 2.48. The Morgan fingerprint density at radius 1 is 0.885 bits per heavy atom. The third-order valence-electron chi connectivity index (χ3n) is 4.70. The van der Waals surface area contributed by atoms with Crippen LogP contribution in [0.5, 0.6) is 28.7 Å². The van der Waals surface area contributed by atoms with Gasteiger partial charge in [-0.1, -0.05) is 0 Å². The smallest absolute Gasteiger partial charge is 0.231 e. The van der Waals surface area contributed by atoms with Crippen LogP contribution in [0.4, 0.5) is 5.69 Å². The van der Waals surface area contributed by atoms with Crippen LogP contribution in [0.1, 0.15) is 23.5 Å². The Hall–Kier alpha value is -3.09. The minimum absolute atomic E-state index is 0.0711. The van der Waals surface area contributed by atoms with Crippen molar-refractivity contribution in [1.82, 2.24) is 0 Å². The lowest BCUT2D eigenvalue weighted by Gasteiger charge is -2.28. The molecule has 0 saturated carbocycles. The van der Waals surface area contributed by atoms with Crippen molar-refractivity contribution in [2.75, 3.05) is 33.4 Å². The van der Waals surface area contributed by atoms with Gasteiger partial charge < -0.3 is 29.0 Å². The molecule has 26 heavy (non-hydrogen) atoms. The zero-order chi connectivity index (χ0) is 18.3. The molecule has 7 heteroatoms. The molecule has 2 aromatic carbocycles. The molecule has 0 aliphatic carbocycles. The minimum Gasteiger partial charge on any atom is -0.496 e. The van der Waals surface area contributed by atoms with Gasteiger partial charge in [0.1, 0.15) is 5.75 Å². The molecule has 0 aromatic heterocycles. The maximum atomic E-state index is 12.3. The predicted molar refractivity (Wildman–Crippen MR) is 93.8 cm³/mol. The van der Waals surface area contributed by atoms with Crippen LogP contribution in [0, 0.1) is 0 Å². The van der Waals surface area contributed by atoms with Gasteiger partial charge in [0, 0.05) is 35.7 Å². The number of benzene rings is 2. The Morgan fingerprint density at radius 2 is 1.54 bits per heavy atom. The number of fused-ring (bicyclic) bond motifs is 2. The molecule has 4 rings (SSSR count). The molecule has 0 fully saturated rings. The SMILES string of the molecule is COc1cc(OC)c([C@@H]2CC(=O)Nc3cc4c(cc32)OCO4)cc1OC. The molecule has 2 heterocycles.